The van der Waals surface area contributed by atoms with Crippen LogP contribution in [0.25, 0.3) is 10.3 Å². The molecule has 0 radical (unpaired) electrons. The third-order valence-electron chi connectivity index (χ3n) is 2.12. The molecule has 0 fully saturated rings. The van der Waals surface area contributed by atoms with E-state index in [1.54, 1.807) is 0 Å². The van der Waals surface area contributed by atoms with Crippen molar-refractivity contribution in [2.75, 3.05) is 6.61 Å². The fourth-order valence-corrected chi connectivity index (χ4v) is 2.32. The van der Waals surface area contributed by atoms with Crippen molar-refractivity contribution in [3.63, 3.8) is 0 Å². The first-order valence-corrected chi connectivity index (χ1v) is 5.62. The summed E-state index contributed by atoms with van der Waals surface area (Å²) in [6.45, 7) is 3.88. The predicted octanol–water partition coefficient (Wildman–Crippen LogP) is 2.01. The van der Waals surface area contributed by atoms with Gasteiger partial charge in [-0.05, 0) is 0 Å². The van der Waals surface area contributed by atoms with E-state index in [4.69, 9.17) is 11.6 Å². The van der Waals surface area contributed by atoms with Gasteiger partial charge < -0.3 is 5.11 Å². The Hall–Kier alpha value is -0.780. The number of halogens is 1. The molecule has 15 heavy (non-hydrogen) atoms. The standard InChI is InChI=1S/C9H10ClN3OS/c1-9(2,3-14)8-13-5-6(10)11-4-12-7(5)15-8/h4,14H,3H2,1-2H3. The maximum absolute atomic E-state index is 9.24. The number of fused-ring (bicyclic) bond motifs is 1. The molecule has 2 aromatic rings. The van der Waals surface area contributed by atoms with Crippen molar-refractivity contribution in [3.8, 4) is 0 Å². The van der Waals surface area contributed by atoms with Crippen LogP contribution in [0.15, 0.2) is 6.33 Å². The number of aliphatic hydroxyl groups is 1. The lowest BCUT2D eigenvalue weighted by molar-refractivity contribution is 0.218. The summed E-state index contributed by atoms with van der Waals surface area (Å²) >= 11 is 7.33. The molecule has 0 aromatic carbocycles. The molecule has 0 amide bonds. The van der Waals surface area contributed by atoms with Crippen molar-refractivity contribution in [1.29, 1.82) is 0 Å². The van der Waals surface area contributed by atoms with Crippen molar-refractivity contribution in [2.24, 2.45) is 0 Å². The normalized spacial score (nSPS) is 12.3. The monoisotopic (exact) mass is 243 g/mol. The lowest BCUT2D eigenvalue weighted by Gasteiger charge is -2.17. The Morgan fingerprint density at radius 3 is 2.80 bits per heavy atom. The molecule has 4 nitrogen and oxygen atoms in total. The SMILES string of the molecule is CC(C)(CO)c1nc2c(Cl)ncnc2s1. The number of aromatic nitrogens is 3. The second kappa shape index (κ2) is 3.66. The Morgan fingerprint density at radius 2 is 2.20 bits per heavy atom. The van der Waals surface area contributed by atoms with E-state index in [0.717, 1.165) is 9.84 Å². The van der Waals surface area contributed by atoms with E-state index in [9.17, 15) is 5.11 Å². The van der Waals surface area contributed by atoms with Crippen LogP contribution in [-0.2, 0) is 5.41 Å². The van der Waals surface area contributed by atoms with Crippen LogP contribution in [-0.4, -0.2) is 26.7 Å². The molecule has 1 N–H and O–H groups in total. The lowest BCUT2D eigenvalue weighted by atomic mass is 9.96. The molecular formula is C9H10ClN3OS. The maximum atomic E-state index is 9.24. The Kier molecular flexibility index (Phi) is 2.62. The Morgan fingerprint density at radius 1 is 1.47 bits per heavy atom. The fraction of sp³-hybridized carbons (Fsp3) is 0.444. The Bertz CT molecular complexity index is 497. The van der Waals surface area contributed by atoms with Crippen LogP contribution < -0.4 is 0 Å². The van der Waals surface area contributed by atoms with Gasteiger partial charge in [0.1, 0.15) is 21.7 Å². The van der Waals surface area contributed by atoms with Gasteiger partial charge in [0.15, 0.2) is 5.15 Å². The second-order valence-electron chi connectivity index (χ2n) is 3.88. The molecule has 0 spiro atoms. The van der Waals surface area contributed by atoms with Crippen LogP contribution in [0.1, 0.15) is 18.9 Å². The smallest absolute Gasteiger partial charge is 0.159 e. The van der Waals surface area contributed by atoms with Crippen molar-refractivity contribution in [3.05, 3.63) is 16.5 Å². The molecule has 0 unspecified atom stereocenters. The van der Waals surface area contributed by atoms with Gasteiger partial charge in [-0.3, -0.25) is 0 Å². The molecule has 0 bridgehead atoms. The summed E-state index contributed by atoms with van der Waals surface area (Å²) in [5, 5.41) is 10.4. The van der Waals surface area contributed by atoms with Crippen molar-refractivity contribution in [2.45, 2.75) is 19.3 Å². The van der Waals surface area contributed by atoms with Gasteiger partial charge in [0.05, 0.1) is 6.61 Å². The maximum Gasteiger partial charge on any atom is 0.159 e. The first kappa shape index (κ1) is 10.7. The van der Waals surface area contributed by atoms with Crippen LogP contribution in [0.5, 0.6) is 0 Å². The van der Waals surface area contributed by atoms with Crippen LogP contribution in [0.3, 0.4) is 0 Å². The summed E-state index contributed by atoms with van der Waals surface area (Å²) in [5.41, 5.74) is 0.245. The summed E-state index contributed by atoms with van der Waals surface area (Å²) in [5.74, 6) is 0. The molecule has 0 aliphatic carbocycles. The van der Waals surface area contributed by atoms with Gasteiger partial charge in [0.25, 0.3) is 0 Å². The van der Waals surface area contributed by atoms with Crippen molar-refractivity contribution < 1.29 is 5.11 Å². The summed E-state index contributed by atoms with van der Waals surface area (Å²) in [6.07, 6.45) is 1.42. The van der Waals surface area contributed by atoms with Crippen molar-refractivity contribution in [1.82, 2.24) is 15.0 Å². The zero-order valence-corrected chi connectivity index (χ0v) is 9.93. The highest BCUT2D eigenvalue weighted by atomic mass is 35.5. The molecule has 0 saturated carbocycles. The highest BCUT2D eigenvalue weighted by Gasteiger charge is 2.24. The topological polar surface area (TPSA) is 58.9 Å². The molecule has 0 aliphatic heterocycles. The Labute approximate surface area is 96.0 Å². The summed E-state index contributed by atoms with van der Waals surface area (Å²) in [7, 11) is 0. The zero-order chi connectivity index (χ0) is 11.1. The van der Waals surface area contributed by atoms with E-state index in [1.165, 1.54) is 17.7 Å². The zero-order valence-electron chi connectivity index (χ0n) is 8.36. The largest absolute Gasteiger partial charge is 0.395 e. The molecule has 6 heteroatoms. The second-order valence-corrected chi connectivity index (χ2v) is 5.21. The van der Waals surface area contributed by atoms with E-state index < -0.39 is 0 Å². The predicted molar refractivity (Wildman–Crippen MR) is 60.3 cm³/mol. The molecule has 0 saturated heterocycles. The van der Waals surface area contributed by atoms with E-state index >= 15 is 0 Å². The first-order valence-electron chi connectivity index (χ1n) is 4.43. The lowest BCUT2D eigenvalue weighted by Crippen LogP contribution is -2.21. The number of rotatable bonds is 2. The van der Waals surface area contributed by atoms with Gasteiger partial charge in [-0.25, -0.2) is 15.0 Å². The highest BCUT2D eigenvalue weighted by molar-refractivity contribution is 7.18. The minimum Gasteiger partial charge on any atom is -0.395 e. The fourth-order valence-electron chi connectivity index (χ4n) is 1.08. The van der Waals surface area contributed by atoms with Crippen LogP contribution in [0, 0.1) is 0 Å². The average molecular weight is 244 g/mol. The minimum atomic E-state index is -0.366. The van der Waals surface area contributed by atoms with Gasteiger partial charge >= 0.3 is 0 Å². The molecule has 80 valence electrons. The van der Waals surface area contributed by atoms with Crippen LogP contribution in [0.4, 0.5) is 0 Å². The Balaban J connectivity index is 2.62. The summed E-state index contributed by atoms with van der Waals surface area (Å²) in [4.78, 5) is 13.1. The van der Waals surface area contributed by atoms with Crippen LogP contribution in [0.2, 0.25) is 5.15 Å². The molecule has 2 rings (SSSR count). The van der Waals surface area contributed by atoms with E-state index in [0.29, 0.717) is 10.7 Å². The van der Waals surface area contributed by atoms with Gasteiger partial charge in [-0.15, -0.1) is 0 Å². The van der Waals surface area contributed by atoms with E-state index in [2.05, 4.69) is 15.0 Å². The first-order chi connectivity index (χ1) is 7.04. The average Bonchev–Trinajstić information content (AvgIpc) is 2.64. The van der Waals surface area contributed by atoms with Crippen LogP contribution >= 0.6 is 22.9 Å². The van der Waals surface area contributed by atoms with E-state index in [-0.39, 0.29) is 12.0 Å². The summed E-state index contributed by atoms with van der Waals surface area (Å²) in [6, 6.07) is 0. The number of nitrogens with zero attached hydrogens (tertiary/aromatic N) is 3. The van der Waals surface area contributed by atoms with Gasteiger partial charge in [-0.1, -0.05) is 36.8 Å². The van der Waals surface area contributed by atoms with Gasteiger partial charge in [0, 0.05) is 5.41 Å². The van der Waals surface area contributed by atoms with Gasteiger partial charge in [0.2, 0.25) is 0 Å². The molecule has 0 atom stereocenters. The highest BCUT2D eigenvalue weighted by Crippen LogP contribution is 2.31. The molecule has 0 aliphatic rings. The third-order valence-corrected chi connectivity index (χ3v) is 3.73. The quantitative estimate of drug-likeness (QED) is 0.820. The number of hydrogen-bond acceptors (Lipinski definition) is 5. The number of hydrogen-bond donors (Lipinski definition) is 1. The molecule has 2 aromatic heterocycles. The van der Waals surface area contributed by atoms with E-state index in [1.807, 2.05) is 13.8 Å². The molecular weight excluding hydrogens is 234 g/mol. The number of thiazole rings is 1. The third kappa shape index (κ3) is 1.82. The summed E-state index contributed by atoms with van der Waals surface area (Å²) < 4.78 is 0. The van der Waals surface area contributed by atoms with Gasteiger partial charge in [-0.2, -0.15) is 0 Å². The number of aliphatic hydroxyl groups excluding tert-OH is 1. The minimum absolute atomic E-state index is 0.0396. The van der Waals surface area contributed by atoms with Crippen molar-refractivity contribution >= 4 is 33.3 Å². The molecule has 2 heterocycles.